The normalized spacial score (nSPS) is 23.8. The molecular weight excluding hydrogens is 294 g/mol. The lowest BCUT2D eigenvalue weighted by molar-refractivity contribution is -0.179. The summed E-state index contributed by atoms with van der Waals surface area (Å²) in [5, 5.41) is 0. The largest absolute Gasteiger partial charge is 0.347 e. The summed E-state index contributed by atoms with van der Waals surface area (Å²) in [7, 11) is -3.49. The fraction of sp³-hybridized carbons (Fsp3) is 1.00. The molecule has 124 valence electrons. The first-order valence-corrected chi connectivity index (χ1v) is 9.10. The zero-order valence-corrected chi connectivity index (χ0v) is 13.7. The second kappa shape index (κ2) is 6.47. The van der Waals surface area contributed by atoms with Gasteiger partial charge in [-0.1, -0.05) is 13.8 Å². The molecular formula is C13H27N3O4S. The number of nitrogens with one attached hydrogen (secondary N) is 1. The number of rotatable bonds is 6. The van der Waals surface area contributed by atoms with Crippen molar-refractivity contribution in [3.05, 3.63) is 0 Å². The molecule has 21 heavy (non-hydrogen) atoms. The number of hydrogen-bond acceptors (Lipinski definition) is 5. The zero-order valence-electron chi connectivity index (χ0n) is 12.9. The summed E-state index contributed by atoms with van der Waals surface area (Å²) in [6, 6.07) is 0. The van der Waals surface area contributed by atoms with Crippen LogP contribution in [0.25, 0.3) is 0 Å². The molecule has 2 fully saturated rings. The van der Waals surface area contributed by atoms with Gasteiger partial charge in [-0.3, -0.25) is 0 Å². The minimum absolute atomic E-state index is 0.261. The first kappa shape index (κ1) is 17.1. The number of nitrogens with zero attached hydrogens (tertiary/aromatic N) is 1. The van der Waals surface area contributed by atoms with Crippen molar-refractivity contribution in [2.24, 2.45) is 5.73 Å². The van der Waals surface area contributed by atoms with Gasteiger partial charge in [0.25, 0.3) is 10.2 Å². The molecule has 0 aromatic carbocycles. The van der Waals surface area contributed by atoms with E-state index in [0.717, 1.165) is 12.8 Å². The summed E-state index contributed by atoms with van der Waals surface area (Å²) >= 11 is 0. The van der Waals surface area contributed by atoms with Crippen molar-refractivity contribution in [3.8, 4) is 0 Å². The molecule has 2 aliphatic rings. The van der Waals surface area contributed by atoms with Crippen LogP contribution in [0.1, 0.15) is 39.5 Å². The van der Waals surface area contributed by atoms with Crippen molar-refractivity contribution in [3.63, 3.8) is 0 Å². The molecule has 0 radical (unpaired) electrons. The molecule has 0 aromatic heterocycles. The van der Waals surface area contributed by atoms with Gasteiger partial charge in [-0.25, -0.2) is 4.72 Å². The van der Waals surface area contributed by atoms with E-state index in [1.54, 1.807) is 0 Å². The molecule has 2 rings (SSSR count). The van der Waals surface area contributed by atoms with Crippen LogP contribution < -0.4 is 10.5 Å². The predicted molar refractivity (Wildman–Crippen MR) is 79.9 cm³/mol. The van der Waals surface area contributed by atoms with Crippen molar-refractivity contribution in [1.82, 2.24) is 9.03 Å². The molecule has 0 amide bonds. The Labute approximate surface area is 127 Å². The van der Waals surface area contributed by atoms with Crippen molar-refractivity contribution < 1.29 is 17.9 Å². The maximum absolute atomic E-state index is 12.3. The third kappa shape index (κ3) is 3.94. The van der Waals surface area contributed by atoms with Crippen molar-refractivity contribution in [1.29, 1.82) is 0 Å². The van der Waals surface area contributed by atoms with Gasteiger partial charge in [0.05, 0.1) is 13.2 Å². The van der Waals surface area contributed by atoms with E-state index < -0.39 is 21.5 Å². The van der Waals surface area contributed by atoms with Crippen LogP contribution in [0.3, 0.4) is 0 Å². The van der Waals surface area contributed by atoms with Gasteiger partial charge in [0, 0.05) is 38.0 Å². The Kier molecular flexibility index (Phi) is 5.27. The van der Waals surface area contributed by atoms with Gasteiger partial charge in [0.1, 0.15) is 0 Å². The minimum Gasteiger partial charge on any atom is -0.347 e. The summed E-state index contributed by atoms with van der Waals surface area (Å²) in [6.07, 6.45) is 2.61. The summed E-state index contributed by atoms with van der Waals surface area (Å²) in [5.74, 6) is -0.559. The van der Waals surface area contributed by atoms with Crippen molar-refractivity contribution in [2.45, 2.75) is 50.9 Å². The quantitative estimate of drug-likeness (QED) is 0.728. The van der Waals surface area contributed by atoms with Gasteiger partial charge in [-0.05, 0) is 12.8 Å². The summed E-state index contributed by atoms with van der Waals surface area (Å²) in [5.41, 5.74) is 5.66. The molecule has 2 aliphatic heterocycles. The Bertz CT molecular complexity index is 434. The van der Waals surface area contributed by atoms with Crippen LogP contribution in [-0.4, -0.2) is 56.9 Å². The Balaban J connectivity index is 1.89. The lowest BCUT2D eigenvalue weighted by atomic mass is 9.95. The van der Waals surface area contributed by atoms with E-state index in [4.69, 9.17) is 15.2 Å². The number of hydrogen-bond donors (Lipinski definition) is 2. The fourth-order valence-electron chi connectivity index (χ4n) is 2.68. The zero-order chi connectivity index (χ0) is 15.6. The number of ether oxygens (including phenoxy) is 2. The molecule has 0 aliphatic carbocycles. The van der Waals surface area contributed by atoms with E-state index in [9.17, 15) is 8.42 Å². The highest BCUT2D eigenvalue weighted by molar-refractivity contribution is 7.87. The average Bonchev–Trinajstić information content (AvgIpc) is 2.93. The predicted octanol–water partition coefficient (Wildman–Crippen LogP) is 0.177. The van der Waals surface area contributed by atoms with Crippen molar-refractivity contribution >= 4 is 10.2 Å². The molecule has 3 N–H and O–H groups in total. The summed E-state index contributed by atoms with van der Waals surface area (Å²) in [6.45, 7) is 6.20. The standard InChI is InChI=1S/C13H27N3O4S/c1-3-12(14,4-2)11-15-21(17,18)16-7-5-13(6-8-16)19-9-10-20-13/h15H,3-11,14H2,1-2H3. The highest BCUT2D eigenvalue weighted by Crippen LogP contribution is 2.31. The molecule has 0 aromatic rings. The van der Waals surface area contributed by atoms with Crippen LogP contribution >= 0.6 is 0 Å². The molecule has 1 spiro atoms. The lowest BCUT2D eigenvalue weighted by Crippen LogP contribution is -2.55. The van der Waals surface area contributed by atoms with Gasteiger partial charge in [-0.15, -0.1) is 0 Å². The van der Waals surface area contributed by atoms with Gasteiger partial charge in [-0.2, -0.15) is 12.7 Å². The van der Waals surface area contributed by atoms with Crippen LogP contribution in [0, 0.1) is 0 Å². The molecule has 8 heteroatoms. The maximum Gasteiger partial charge on any atom is 0.279 e. The topological polar surface area (TPSA) is 93.9 Å². The van der Waals surface area contributed by atoms with Crippen LogP contribution in [0.4, 0.5) is 0 Å². The van der Waals surface area contributed by atoms with Gasteiger partial charge >= 0.3 is 0 Å². The highest BCUT2D eigenvalue weighted by Gasteiger charge is 2.42. The van der Waals surface area contributed by atoms with E-state index >= 15 is 0 Å². The number of piperidine rings is 1. The second-order valence-electron chi connectivity index (χ2n) is 5.90. The SMILES string of the molecule is CCC(N)(CC)CNS(=O)(=O)N1CCC2(CC1)OCCO2. The summed E-state index contributed by atoms with van der Waals surface area (Å²) in [4.78, 5) is 0. The molecule has 0 bridgehead atoms. The highest BCUT2D eigenvalue weighted by atomic mass is 32.2. The molecule has 0 saturated carbocycles. The lowest BCUT2D eigenvalue weighted by Gasteiger charge is -2.37. The smallest absolute Gasteiger partial charge is 0.279 e. The third-order valence-corrected chi connectivity index (χ3v) is 6.21. The molecule has 2 heterocycles. The van der Waals surface area contributed by atoms with E-state index in [-0.39, 0.29) is 6.54 Å². The Morgan fingerprint density at radius 2 is 1.71 bits per heavy atom. The average molecular weight is 321 g/mol. The van der Waals surface area contributed by atoms with E-state index in [1.165, 1.54) is 4.31 Å². The first-order valence-electron chi connectivity index (χ1n) is 7.66. The minimum atomic E-state index is -3.49. The van der Waals surface area contributed by atoms with E-state index in [2.05, 4.69) is 4.72 Å². The molecule has 0 atom stereocenters. The second-order valence-corrected chi connectivity index (χ2v) is 7.66. The van der Waals surface area contributed by atoms with Gasteiger partial charge in [0.15, 0.2) is 5.79 Å². The van der Waals surface area contributed by atoms with E-state index in [0.29, 0.717) is 39.1 Å². The van der Waals surface area contributed by atoms with Crippen molar-refractivity contribution in [2.75, 3.05) is 32.8 Å². The maximum atomic E-state index is 12.3. The molecule has 0 unspecified atom stereocenters. The monoisotopic (exact) mass is 321 g/mol. The van der Waals surface area contributed by atoms with E-state index in [1.807, 2.05) is 13.8 Å². The Morgan fingerprint density at radius 3 is 2.19 bits per heavy atom. The van der Waals surface area contributed by atoms with Crippen LogP contribution in [0.5, 0.6) is 0 Å². The fourth-order valence-corrected chi connectivity index (χ4v) is 3.99. The molecule has 7 nitrogen and oxygen atoms in total. The summed E-state index contributed by atoms with van der Waals surface area (Å²) < 4.78 is 40.0. The van der Waals surface area contributed by atoms with Gasteiger partial charge < -0.3 is 15.2 Å². The Hall–Kier alpha value is -0.250. The third-order valence-electron chi connectivity index (χ3n) is 4.65. The number of nitrogens with two attached hydrogens (primary N) is 1. The van der Waals surface area contributed by atoms with Crippen LogP contribution in [0.15, 0.2) is 0 Å². The Morgan fingerprint density at radius 1 is 1.19 bits per heavy atom. The molecule has 2 saturated heterocycles. The van der Waals surface area contributed by atoms with Crippen LogP contribution in [0.2, 0.25) is 0 Å². The van der Waals surface area contributed by atoms with Gasteiger partial charge in [0.2, 0.25) is 0 Å². The van der Waals surface area contributed by atoms with Crippen LogP contribution in [-0.2, 0) is 19.7 Å². The first-order chi connectivity index (χ1) is 9.85.